The fraction of sp³-hybridized carbons (Fsp3) is 0.312. The summed E-state index contributed by atoms with van der Waals surface area (Å²) in [5.74, 6) is 0.629. The lowest BCUT2D eigenvalue weighted by atomic mass is 10.0. The minimum Gasteiger partial charge on any atom is -0.496 e. The predicted molar refractivity (Wildman–Crippen MR) is 87.4 cm³/mol. The van der Waals surface area contributed by atoms with Gasteiger partial charge in [-0.1, -0.05) is 31.5 Å². The fourth-order valence-corrected chi connectivity index (χ4v) is 3.23. The molecule has 1 aromatic heterocycles. The van der Waals surface area contributed by atoms with Crippen LogP contribution in [-0.4, -0.2) is 13.0 Å². The van der Waals surface area contributed by atoms with Gasteiger partial charge in [0.1, 0.15) is 5.75 Å². The Morgan fingerprint density at radius 2 is 2.10 bits per heavy atom. The molecule has 0 fully saturated rings. The van der Waals surface area contributed by atoms with E-state index in [1.165, 1.54) is 0 Å². The molecule has 3 nitrogen and oxygen atoms in total. The smallest absolute Gasteiger partial charge is 0.255 e. The van der Waals surface area contributed by atoms with Gasteiger partial charge in [-0.15, -0.1) is 11.3 Å². The minimum absolute atomic E-state index is 0.0267. The Bertz CT molecular complexity index is 611. The van der Waals surface area contributed by atoms with Crippen molar-refractivity contribution in [2.24, 2.45) is 5.92 Å². The van der Waals surface area contributed by atoms with Gasteiger partial charge in [0.2, 0.25) is 0 Å². The van der Waals surface area contributed by atoms with Crippen LogP contribution in [0.3, 0.4) is 0 Å². The first kappa shape index (κ1) is 15.9. The average Bonchev–Trinajstić information content (AvgIpc) is 2.97. The molecule has 0 radical (unpaired) electrons. The van der Waals surface area contributed by atoms with Crippen molar-refractivity contribution >= 4 is 28.8 Å². The molecule has 112 valence electrons. The largest absolute Gasteiger partial charge is 0.496 e. The van der Waals surface area contributed by atoms with Gasteiger partial charge in [0.25, 0.3) is 5.91 Å². The first-order chi connectivity index (χ1) is 10.0. The molecule has 1 heterocycles. The van der Waals surface area contributed by atoms with Gasteiger partial charge < -0.3 is 10.1 Å². The van der Waals surface area contributed by atoms with E-state index in [9.17, 15) is 4.79 Å². The van der Waals surface area contributed by atoms with Gasteiger partial charge in [0, 0.05) is 9.90 Å². The molecule has 0 spiro atoms. The Balaban J connectivity index is 2.26. The van der Waals surface area contributed by atoms with Crippen molar-refractivity contribution < 1.29 is 9.53 Å². The van der Waals surface area contributed by atoms with Gasteiger partial charge in [-0.2, -0.15) is 0 Å². The molecule has 2 rings (SSSR count). The molecule has 0 bridgehead atoms. The van der Waals surface area contributed by atoms with Gasteiger partial charge in [0.05, 0.1) is 18.7 Å². The number of carbonyl (C=O) groups excluding carboxylic acids is 1. The summed E-state index contributed by atoms with van der Waals surface area (Å²) in [5.41, 5.74) is 0.451. The summed E-state index contributed by atoms with van der Waals surface area (Å²) in [7, 11) is 1.54. The molecule has 1 unspecified atom stereocenters. The second-order valence-electron chi connectivity index (χ2n) is 5.06. The van der Waals surface area contributed by atoms with E-state index >= 15 is 0 Å². The quantitative estimate of drug-likeness (QED) is 0.877. The molecule has 0 aliphatic rings. The van der Waals surface area contributed by atoms with Crippen LogP contribution in [0, 0.1) is 5.92 Å². The zero-order valence-electron chi connectivity index (χ0n) is 12.2. The molecule has 1 aromatic carbocycles. The molecular weight excluding hydrogens is 306 g/mol. The molecule has 1 amide bonds. The molecule has 2 aromatic rings. The lowest BCUT2D eigenvalue weighted by Gasteiger charge is -2.22. The molecule has 5 heteroatoms. The molecular formula is C16H18ClNO2S. The second-order valence-corrected chi connectivity index (χ2v) is 6.47. The van der Waals surface area contributed by atoms with E-state index in [1.807, 2.05) is 17.5 Å². The van der Waals surface area contributed by atoms with Gasteiger partial charge in [-0.3, -0.25) is 4.79 Å². The maximum Gasteiger partial charge on any atom is 0.255 e. The highest BCUT2D eigenvalue weighted by Crippen LogP contribution is 2.28. The van der Waals surface area contributed by atoms with Crippen LogP contribution in [0.5, 0.6) is 5.75 Å². The lowest BCUT2D eigenvalue weighted by molar-refractivity contribution is 0.0923. The van der Waals surface area contributed by atoms with E-state index in [1.54, 1.807) is 36.6 Å². The number of hydrogen-bond donors (Lipinski definition) is 1. The summed E-state index contributed by atoms with van der Waals surface area (Å²) in [6.07, 6.45) is 0. The summed E-state index contributed by atoms with van der Waals surface area (Å²) in [5, 5.41) is 5.59. The number of nitrogens with one attached hydrogen (secondary N) is 1. The minimum atomic E-state index is -0.179. The van der Waals surface area contributed by atoms with Crippen LogP contribution in [0.1, 0.15) is 35.1 Å². The van der Waals surface area contributed by atoms with E-state index in [0.29, 0.717) is 16.3 Å². The van der Waals surface area contributed by atoms with Crippen molar-refractivity contribution in [3.8, 4) is 5.75 Å². The van der Waals surface area contributed by atoms with Crippen LogP contribution < -0.4 is 10.1 Å². The van der Waals surface area contributed by atoms with Gasteiger partial charge in [-0.05, 0) is 35.6 Å². The Morgan fingerprint density at radius 1 is 1.33 bits per heavy atom. The Labute approximate surface area is 133 Å². The molecule has 1 N–H and O–H groups in total. The van der Waals surface area contributed by atoms with Crippen molar-refractivity contribution in [2.45, 2.75) is 19.9 Å². The maximum absolute atomic E-state index is 12.5. The maximum atomic E-state index is 12.5. The number of amides is 1. The van der Waals surface area contributed by atoms with E-state index in [0.717, 1.165) is 4.88 Å². The zero-order chi connectivity index (χ0) is 15.4. The van der Waals surface area contributed by atoms with Crippen LogP contribution >= 0.6 is 22.9 Å². The van der Waals surface area contributed by atoms with Gasteiger partial charge in [-0.25, -0.2) is 0 Å². The highest BCUT2D eigenvalue weighted by atomic mass is 35.5. The van der Waals surface area contributed by atoms with Crippen molar-refractivity contribution in [3.63, 3.8) is 0 Å². The van der Waals surface area contributed by atoms with Crippen LogP contribution in [0.15, 0.2) is 35.7 Å². The number of hydrogen-bond acceptors (Lipinski definition) is 3. The highest BCUT2D eigenvalue weighted by molar-refractivity contribution is 7.10. The van der Waals surface area contributed by atoms with Crippen molar-refractivity contribution in [1.82, 2.24) is 5.32 Å². The normalized spacial score (nSPS) is 12.2. The third kappa shape index (κ3) is 3.77. The van der Waals surface area contributed by atoms with Gasteiger partial charge >= 0.3 is 0 Å². The summed E-state index contributed by atoms with van der Waals surface area (Å²) < 4.78 is 5.24. The first-order valence-corrected chi connectivity index (χ1v) is 7.96. The standard InChI is InChI=1S/C16H18ClNO2S/c1-10(2)15(14-5-4-8-21-14)18-16(19)12-9-11(17)6-7-13(12)20-3/h4-10,15H,1-3H3,(H,18,19). The SMILES string of the molecule is COc1ccc(Cl)cc1C(=O)NC(c1cccs1)C(C)C. The van der Waals surface area contributed by atoms with E-state index in [-0.39, 0.29) is 17.9 Å². The fourth-order valence-electron chi connectivity index (χ4n) is 2.11. The Kier molecular flexibility index (Phi) is 5.26. The molecule has 0 saturated carbocycles. The predicted octanol–water partition coefficient (Wildman–Crippen LogP) is 4.54. The molecule has 0 saturated heterocycles. The summed E-state index contributed by atoms with van der Waals surface area (Å²) in [6.45, 7) is 4.17. The highest BCUT2D eigenvalue weighted by Gasteiger charge is 2.22. The number of methoxy groups -OCH3 is 1. The molecule has 0 aliphatic heterocycles. The van der Waals surface area contributed by atoms with Crippen LogP contribution in [0.25, 0.3) is 0 Å². The number of carbonyl (C=O) groups is 1. The van der Waals surface area contributed by atoms with Crippen LogP contribution in [-0.2, 0) is 0 Å². The number of benzene rings is 1. The van der Waals surface area contributed by atoms with Crippen molar-refractivity contribution in [2.75, 3.05) is 7.11 Å². The molecule has 1 atom stereocenters. The van der Waals surface area contributed by atoms with E-state index in [2.05, 4.69) is 19.2 Å². The topological polar surface area (TPSA) is 38.3 Å². The number of rotatable bonds is 5. The summed E-state index contributed by atoms with van der Waals surface area (Å²) in [6, 6.07) is 9.03. The number of halogens is 1. The summed E-state index contributed by atoms with van der Waals surface area (Å²) in [4.78, 5) is 13.7. The number of thiophene rings is 1. The van der Waals surface area contributed by atoms with Crippen molar-refractivity contribution in [3.05, 3.63) is 51.2 Å². The van der Waals surface area contributed by atoms with E-state index < -0.39 is 0 Å². The second kappa shape index (κ2) is 6.96. The Hall–Kier alpha value is -1.52. The van der Waals surface area contributed by atoms with Crippen molar-refractivity contribution in [1.29, 1.82) is 0 Å². The first-order valence-electron chi connectivity index (χ1n) is 6.70. The van der Waals surface area contributed by atoms with Crippen LogP contribution in [0.4, 0.5) is 0 Å². The number of ether oxygens (including phenoxy) is 1. The van der Waals surface area contributed by atoms with Gasteiger partial charge in [0.15, 0.2) is 0 Å². The summed E-state index contributed by atoms with van der Waals surface area (Å²) >= 11 is 7.62. The third-order valence-electron chi connectivity index (χ3n) is 3.21. The monoisotopic (exact) mass is 323 g/mol. The Morgan fingerprint density at radius 3 is 2.67 bits per heavy atom. The average molecular weight is 324 g/mol. The lowest BCUT2D eigenvalue weighted by Crippen LogP contribution is -2.31. The third-order valence-corrected chi connectivity index (χ3v) is 4.40. The molecule has 21 heavy (non-hydrogen) atoms. The zero-order valence-corrected chi connectivity index (χ0v) is 13.8. The van der Waals surface area contributed by atoms with E-state index in [4.69, 9.17) is 16.3 Å². The molecule has 0 aliphatic carbocycles. The van der Waals surface area contributed by atoms with Crippen LogP contribution in [0.2, 0.25) is 5.02 Å².